The number of amides is 2. The smallest absolute Gasteiger partial charge is 0.322 e. The molecule has 2 amide bonds. The van der Waals surface area contributed by atoms with Gasteiger partial charge in [0.25, 0.3) is 0 Å². The Morgan fingerprint density at radius 3 is 2.81 bits per heavy atom. The molecule has 2 aliphatic heterocycles. The van der Waals surface area contributed by atoms with Crippen molar-refractivity contribution in [3.63, 3.8) is 0 Å². The van der Waals surface area contributed by atoms with Gasteiger partial charge in [-0.1, -0.05) is 0 Å². The average molecular weight is 362 g/mol. The van der Waals surface area contributed by atoms with Crippen LogP contribution in [-0.2, 0) is 6.54 Å². The number of pyridine rings is 1. The summed E-state index contributed by atoms with van der Waals surface area (Å²) in [6, 6.07) is 13.1. The molecule has 1 N–H and O–H groups in total. The Labute approximate surface area is 156 Å². The predicted molar refractivity (Wildman–Crippen MR) is 98.8 cm³/mol. The number of ether oxygens (including phenoxy) is 2. The lowest BCUT2D eigenvalue weighted by Crippen LogP contribution is -2.44. The number of hydrogen-bond donors (Lipinski definition) is 1. The number of benzene rings is 1. The summed E-state index contributed by atoms with van der Waals surface area (Å²) >= 11 is 0. The van der Waals surface area contributed by atoms with Gasteiger partial charge in [-0.15, -0.1) is 0 Å². The van der Waals surface area contributed by atoms with Gasteiger partial charge in [0.15, 0.2) is 11.5 Å². The van der Waals surface area contributed by atoms with Crippen LogP contribution in [0.25, 0.3) is 0 Å². The number of urea groups is 1. The van der Waals surface area contributed by atoms with Crippen molar-refractivity contribution in [2.45, 2.75) is 12.6 Å². The molecule has 0 aliphatic carbocycles. The summed E-state index contributed by atoms with van der Waals surface area (Å²) in [6.07, 6.45) is 5.56. The van der Waals surface area contributed by atoms with Gasteiger partial charge in [0.1, 0.15) is 0 Å². The maximum Gasteiger partial charge on any atom is 0.322 e. The van der Waals surface area contributed by atoms with Gasteiger partial charge in [0.2, 0.25) is 6.79 Å². The van der Waals surface area contributed by atoms with Crippen LogP contribution in [0.3, 0.4) is 0 Å². The molecule has 1 atom stereocenters. The van der Waals surface area contributed by atoms with Crippen LogP contribution in [0, 0.1) is 0 Å². The highest BCUT2D eigenvalue weighted by Crippen LogP contribution is 2.35. The van der Waals surface area contributed by atoms with Crippen molar-refractivity contribution >= 4 is 11.7 Å². The van der Waals surface area contributed by atoms with Crippen LogP contribution in [0.4, 0.5) is 10.5 Å². The molecule has 7 nitrogen and oxygen atoms in total. The Hall–Kier alpha value is -3.48. The van der Waals surface area contributed by atoms with E-state index in [1.54, 1.807) is 24.5 Å². The second-order valence-electron chi connectivity index (χ2n) is 6.50. The van der Waals surface area contributed by atoms with Gasteiger partial charge in [-0.05, 0) is 42.0 Å². The quantitative estimate of drug-likeness (QED) is 0.760. The summed E-state index contributed by atoms with van der Waals surface area (Å²) in [7, 11) is 0. The number of carbonyl (C=O) groups excluding carboxylic acids is 1. The van der Waals surface area contributed by atoms with Crippen molar-refractivity contribution in [3.8, 4) is 11.5 Å². The third kappa shape index (κ3) is 2.77. The van der Waals surface area contributed by atoms with Crippen LogP contribution in [-0.4, -0.2) is 33.8 Å². The number of aromatic nitrogens is 2. The summed E-state index contributed by atoms with van der Waals surface area (Å²) in [5.74, 6) is 1.34. The maximum atomic E-state index is 13.1. The molecule has 0 fully saturated rings. The second kappa shape index (κ2) is 6.35. The molecule has 0 bridgehead atoms. The molecule has 2 aromatic heterocycles. The Morgan fingerprint density at radius 2 is 1.93 bits per heavy atom. The van der Waals surface area contributed by atoms with Crippen LogP contribution < -0.4 is 14.8 Å². The highest BCUT2D eigenvalue weighted by molar-refractivity contribution is 5.90. The number of nitrogens with zero attached hydrogens (tertiary/aromatic N) is 3. The van der Waals surface area contributed by atoms with E-state index in [0.29, 0.717) is 23.7 Å². The maximum absolute atomic E-state index is 13.1. The van der Waals surface area contributed by atoms with E-state index in [0.717, 1.165) is 17.8 Å². The van der Waals surface area contributed by atoms with Crippen molar-refractivity contribution in [1.82, 2.24) is 14.5 Å². The van der Waals surface area contributed by atoms with E-state index in [2.05, 4.69) is 27.1 Å². The monoisotopic (exact) mass is 362 g/mol. The Balaban J connectivity index is 1.45. The van der Waals surface area contributed by atoms with Crippen molar-refractivity contribution in [2.24, 2.45) is 0 Å². The molecule has 0 saturated carbocycles. The topological polar surface area (TPSA) is 68.6 Å². The number of hydrogen-bond acceptors (Lipinski definition) is 4. The zero-order valence-electron chi connectivity index (χ0n) is 14.5. The third-order valence-electron chi connectivity index (χ3n) is 4.94. The molecular weight excluding hydrogens is 344 g/mol. The summed E-state index contributed by atoms with van der Waals surface area (Å²) in [4.78, 5) is 19.1. The number of fused-ring (bicyclic) bond motifs is 2. The van der Waals surface area contributed by atoms with Crippen LogP contribution in [0.15, 0.2) is 61.1 Å². The Morgan fingerprint density at radius 1 is 1.07 bits per heavy atom. The van der Waals surface area contributed by atoms with Gasteiger partial charge < -0.3 is 24.3 Å². The molecule has 0 unspecified atom stereocenters. The van der Waals surface area contributed by atoms with Gasteiger partial charge in [-0.2, -0.15) is 0 Å². The van der Waals surface area contributed by atoms with Crippen LogP contribution in [0.5, 0.6) is 11.5 Å². The Kier molecular flexibility index (Phi) is 3.71. The van der Waals surface area contributed by atoms with Gasteiger partial charge in [-0.3, -0.25) is 4.98 Å². The minimum atomic E-state index is -0.161. The van der Waals surface area contributed by atoms with Gasteiger partial charge in [-0.25, -0.2) is 4.79 Å². The molecular formula is C20H18N4O3. The lowest BCUT2D eigenvalue weighted by molar-refractivity contribution is 0.174. The minimum Gasteiger partial charge on any atom is -0.454 e. The first kappa shape index (κ1) is 15.7. The van der Waals surface area contributed by atoms with E-state index in [1.165, 1.54) is 0 Å². The zero-order valence-corrected chi connectivity index (χ0v) is 14.5. The number of rotatable bonds is 2. The van der Waals surface area contributed by atoms with E-state index >= 15 is 0 Å². The molecule has 0 spiro atoms. The molecule has 136 valence electrons. The summed E-state index contributed by atoms with van der Waals surface area (Å²) in [6.45, 7) is 1.59. The van der Waals surface area contributed by atoms with Gasteiger partial charge in [0, 0.05) is 49.1 Å². The summed E-state index contributed by atoms with van der Waals surface area (Å²) in [5.41, 5.74) is 2.80. The highest BCUT2D eigenvalue weighted by Gasteiger charge is 2.32. The standard InChI is InChI=1S/C20H18N4O3/c25-20(22-15-3-4-17-18(12-15)27-13-26-17)24-11-10-23-9-1-2-16(23)19(24)14-5-7-21-8-6-14/h1-9,12,19H,10-11,13H2,(H,22,25)/t19-/m1/s1. The fourth-order valence-corrected chi connectivity index (χ4v) is 3.67. The lowest BCUT2D eigenvalue weighted by atomic mass is 10.0. The number of carbonyl (C=O) groups is 1. The molecule has 3 aromatic rings. The number of nitrogens with one attached hydrogen (secondary N) is 1. The average Bonchev–Trinajstić information content (AvgIpc) is 3.36. The van der Waals surface area contributed by atoms with Crippen molar-refractivity contribution in [2.75, 3.05) is 18.7 Å². The molecule has 0 radical (unpaired) electrons. The zero-order chi connectivity index (χ0) is 18.2. The third-order valence-corrected chi connectivity index (χ3v) is 4.94. The first-order valence-corrected chi connectivity index (χ1v) is 8.82. The fraction of sp³-hybridized carbons (Fsp3) is 0.200. The first-order chi connectivity index (χ1) is 13.3. The van der Waals surface area contributed by atoms with Crippen LogP contribution in [0.2, 0.25) is 0 Å². The first-order valence-electron chi connectivity index (χ1n) is 8.82. The molecule has 27 heavy (non-hydrogen) atoms. The molecule has 4 heterocycles. The van der Waals surface area contributed by atoms with Crippen molar-refractivity contribution in [3.05, 3.63) is 72.3 Å². The normalized spacial score (nSPS) is 17.5. The van der Waals surface area contributed by atoms with E-state index in [4.69, 9.17) is 9.47 Å². The molecule has 2 aliphatic rings. The van der Waals surface area contributed by atoms with Crippen LogP contribution in [0.1, 0.15) is 17.3 Å². The lowest BCUT2D eigenvalue weighted by Gasteiger charge is -2.37. The van der Waals surface area contributed by atoms with E-state index in [9.17, 15) is 4.79 Å². The summed E-state index contributed by atoms with van der Waals surface area (Å²) < 4.78 is 12.9. The van der Waals surface area contributed by atoms with Gasteiger partial charge >= 0.3 is 6.03 Å². The highest BCUT2D eigenvalue weighted by atomic mass is 16.7. The molecule has 1 aromatic carbocycles. The molecule has 5 rings (SSSR count). The SMILES string of the molecule is O=C(Nc1ccc2c(c1)OCO2)N1CCn2cccc2[C@H]1c1ccncc1. The van der Waals surface area contributed by atoms with E-state index < -0.39 is 0 Å². The second-order valence-corrected chi connectivity index (χ2v) is 6.50. The van der Waals surface area contributed by atoms with E-state index in [1.807, 2.05) is 29.2 Å². The fourth-order valence-electron chi connectivity index (χ4n) is 3.67. The van der Waals surface area contributed by atoms with Gasteiger partial charge in [0.05, 0.1) is 6.04 Å². The molecule has 7 heteroatoms. The Bertz CT molecular complexity index is 986. The van der Waals surface area contributed by atoms with Crippen molar-refractivity contribution in [1.29, 1.82) is 0 Å². The predicted octanol–water partition coefficient (Wildman–Crippen LogP) is 3.25. The minimum absolute atomic E-state index is 0.150. The summed E-state index contributed by atoms with van der Waals surface area (Å²) in [5, 5.41) is 2.99. The molecule has 0 saturated heterocycles. The van der Waals surface area contributed by atoms with Crippen molar-refractivity contribution < 1.29 is 14.3 Å². The largest absolute Gasteiger partial charge is 0.454 e. The number of anilines is 1. The van der Waals surface area contributed by atoms with Crippen LogP contribution >= 0.6 is 0 Å². The van der Waals surface area contributed by atoms with E-state index in [-0.39, 0.29) is 18.9 Å².